The van der Waals surface area contributed by atoms with Crippen molar-refractivity contribution in [1.82, 2.24) is 4.90 Å². The Morgan fingerprint density at radius 1 is 1.53 bits per heavy atom. The van der Waals surface area contributed by atoms with Gasteiger partial charge in [-0.05, 0) is 39.5 Å². The molecular weight excluding hydrogens is 244 g/mol. The van der Waals surface area contributed by atoms with Gasteiger partial charge in [-0.25, -0.2) is 0 Å². The van der Waals surface area contributed by atoms with E-state index in [0.717, 1.165) is 38.8 Å². The first-order valence-electron chi connectivity index (χ1n) is 7.37. The summed E-state index contributed by atoms with van der Waals surface area (Å²) in [6, 6.07) is 0.437. The highest BCUT2D eigenvalue weighted by Crippen LogP contribution is 2.18. The van der Waals surface area contributed by atoms with E-state index in [1.165, 1.54) is 0 Å². The summed E-state index contributed by atoms with van der Waals surface area (Å²) in [7, 11) is 0. The fraction of sp³-hybridized carbons (Fsp3) is 0.929. The first-order valence-corrected chi connectivity index (χ1v) is 7.37. The Morgan fingerprint density at radius 3 is 2.95 bits per heavy atom. The Morgan fingerprint density at radius 2 is 2.32 bits per heavy atom. The third-order valence-corrected chi connectivity index (χ3v) is 4.10. The number of carbonyl (C=O) groups excluding carboxylic acids is 1. The maximum absolute atomic E-state index is 12.3. The van der Waals surface area contributed by atoms with Crippen molar-refractivity contribution in [1.29, 1.82) is 0 Å². The molecular formula is C14H26N2O3. The van der Waals surface area contributed by atoms with Crippen LogP contribution in [0.15, 0.2) is 0 Å². The van der Waals surface area contributed by atoms with E-state index in [0.29, 0.717) is 6.61 Å². The van der Waals surface area contributed by atoms with E-state index in [1.807, 2.05) is 11.8 Å². The number of nitrogens with two attached hydrogens (primary N) is 1. The van der Waals surface area contributed by atoms with Crippen molar-refractivity contribution in [2.24, 2.45) is 5.73 Å². The molecule has 19 heavy (non-hydrogen) atoms. The summed E-state index contributed by atoms with van der Waals surface area (Å²) < 4.78 is 11.2. The third-order valence-electron chi connectivity index (χ3n) is 4.10. The molecule has 0 bridgehead atoms. The molecule has 0 aromatic rings. The SMILES string of the molecule is C[C@H](OC[C@@H]1CCCO1)C(=O)N1CC[C@@H](N)C[C@@H]1C. The molecule has 2 aliphatic heterocycles. The molecule has 0 aromatic carbocycles. The second kappa shape index (κ2) is 6.68. The van der Waals surface area contributed by atoms with E-state index in [2.05, 4.69) is 6.92 Å². The van der Waals surface area contributed by atoms with Crippen LogP contribution >= 0.6 is 0 Å². The lowest BCUT2D eigenvalue weighted by atomic mass is 9.98. The van der Waals surface area contributed by atoms with Crippen molar-refractivity contribution in [2.45, 2.75) is 63.8 Å². The summed E-state index contributed by atoms with van der Waals surface area (Å²) in [5.74, 6) is 0.0809. The van der Waals surface area contributed by atoms with Gasteiger partial charge in [0.2, 0.25) is 0 Å². The van der Waals surface area contributed by atoms with Gasteiger partial charge in [-0.15, -0.1) is 0 Å². The molecule has 5 nitrogen and oxygen atoms in total. The Hall–Kier alpha value is -0.650. The molecule has 0 radical (unpaired) electrons. The number of amides is 1. The average Bonchev–Trinajstić information content (AvgIpc) is 2.88. The molecule has 0 aliphatic carbocycles. The van der Waals surface area contributed by atoms with Crippen LogP contribution in [0.25, 0.3) is 0 Å². The van der Waals surface area contributed by atoms with Gasteiger partial charge in [-0.2, -0.15) is 0 Å². The molecule has 1 amide bonds. The predicted molar refractivity (Wildman–Crippen MR) is 72.8 cm³/mol. The quantitative estimate of drug-likeness (QED) is 0.824. The van der Waals surface area contributed by atoms with Crippen LogP contribution in [0.4, 0.5) is 0 Å². The topological polar surface area (TPSA) is 64.8 Å². The predicted octanol–water partition coefficient (Wildman–Crippen LogP) is 0.909. The number of hydrogen-bond donors (Lipinski definition) is 1. The molecule has 2 fully saturated rings. The van der Waals surface area contributed by atoms with Crippen LogP contribution < -0.4 is 5.73 Å². The van der Waals surface area contributed by atoms with E-state index in [1.54, 1.807) is 0 Å². The van der Waals surface area contributed by atoms with Crippen molar-refractivity contribution in [3.8, 4) is 0 Å². The van der Waals surface area contributed by atoms with Gasteiger partial charge in [-0.1, -0.05) is 0 Å². The highest BCUT2D eigenvalue weighted by molar-refractivity contribution is 5.81. The van der Waals surface area contributed by atoms with Crippen molar-refractivity contribution in [2.75, 3.05) is 19.8 Å². The van der Waals surface area contributed by atoms with Gasteiger partial charge in [0.05, 0.1) is 12.7 Å². The average molecular weight is 270 g/mol. The highest BCUT2D eigenvalue weighted by atomic mass is 16.5. The van der Waals surface area contributed by atoms with E-state index in [9.17, 15) is 4.79 Å². The van der Waals surface area contributed by atoms with Crippen molar-refractivity contribution in [3.05, 3.63) is 0 Å². The van der Waals surface area contributed by atoms with Gasteiger partial charge in [0, 0.05) is 25.2 Å². The first-order chi connectivity index (χ1) is 9.08. The van der Waals surface area contributed by atoms with Crippen LogP contribution in [0.5, 0.6) is 0 Å². The van der Waals surface area contributed by atoms with Gasteiger partial charge in [0.1, 0.15) is 6.10 Å². The Kier molecular flexibility index (Phi) is 5.19. The van der Waals surface area contributed by atoms with Crippen LogP contribution in [0.1, 0.15) is 39.5 Å². The second-order valence-corrected chi connectivity index (χ2v) is 5.78. The summed E-state index contributed by atoms with van der Waals surface area (Å²) in [5.41, 5.74) is 5.92. The van der Waals surface area contributed by atoms with E-state index >= 15 is 0 Å². The largest absolute Gasteiger partial charge is 0.376 e. The van der Waals surface area contributed by atoms with Crippen molar-refractivity contribution in [3.63, 3.8) is 0 Å². The number of carbonyl (C=O) groups is 1. The molecule has 110 valence electrons. The normalized spacial score (nSPS) is 33.4. The molecule has 2 aliphatic rings. The van der Waals surface area contributed by atoms with Crippen LogP contribution in [0.3, 0.4) is 0 Å². The number of rotatable bonds is 4. The lowest BCUT2D eigenvalue weighted by molar-refractivity contribution is -0.148. The summed E-state index contributed by atoms with van der Waals surface area (Å²) >= 11 is 0. The summed E-state index contributed by atoms with van der Waals surface area (Å²) in [5, 5.41) is 0. The van der Waals surface area contributed by atoms with Crippen LogP contribution in [-0.2, 0) is 14.3 Å². The van der Waals surface area contributed by atoms with Gasteiger partial charge >= 0.3 is 0 Å². The highest BCUT2D eigenvalue weighted by Gasteiger charge is 2.30. The fourth-order valence-electron chi connectivity index (χ4n) is 2.87. The number of ether oxygens (including phenoxy) is 2. The Balaban J connectivity index is 1.77. The number of likely N-dealkylation sites (tertiary alicyclic amines) is 1. The van der Waals surface area contributed by atoms with Crippen molar-refractivity contribution < 1.29 is 14.3 Å². The van der Waals surface area contributed by atoms with Crippen molar-refractivity contribution >= 4 is 5.91 Å². The monoisotopic (exact) mass is 270 g/mol. The fourth-order valence-corrected chi connectivity index (χ4v) is 2.87. The van der Waals surface area contributed by atoms with Gasteiger partial charge < -0.3 is 20.1 Å². The summed E-state index contributed by atoms with van der Waals surface area (Å²) in [6.07, 6.45) is 3.68. The van der Waals surface area contributed by atoms with E-state index < -0.39 is 0 Å². The molecule has 0 aromatic heterocycles. The van der Waals surface area contributed by atoms with Crippen LogP contribution in [-0.4, -0.2) is 54.9 Å². The minimum atomic E-state index is -0.388. The molecule has 0 spiro atoms. The number of piperidine rings is 1. The lowest BCUT2D eigenvalue weighted by Gasteiger charge is -2.37. The second-order valence-electron chi connectivity index (χ2n) is 5.78. The zero-order valence-electron chi connectivity index (χ0n) is 12.0. The summed E-state index contributed by atoms with van der Waals surface area (Å²) in [4.78, 5) is 14.2. The minimum absolute atomic E-state index is 0.0809. The van der Waals surface area contributed by atoms with Crippen LogP contribution in [0.2, 0.25) is 0 Å². The maximum atomic E-state index is 12.3. The van der Waals surface area contributed by atoms with Gasteiger partial charge in [-0.3, -0.25) is 4.79 Å². The molecule has 5 heteroatoms. The number of hydrogen-bond acceptors (Lipinski definition) is 4. The molecule has 2 heterocycles. The lowest BCUT2D eigenvalue weighted by Crippen LogP contribution is -2.51. The van der Waals surface area contributed by atoms with Gasteiger partial charge in [0.25, 0.3) is 5.91 Å². The number of nitrogens with zero attached hydrogens (tertiary/aromatic N) is 1. The zero-order chi connectivity index (χ0) is 13.8. The Labute approximate surface area is 115 Å². The maximum Gasteiger partial charge on any atom is 0.251 e. The smallest absolute Gasteiger partial charge is 0.251 e. The molecule has 2 rings (SSSR count). The molecule has 4 atom stereocenters. The van der Waals surface area contributed by atoms with E-state index in [-0.39, 0.29) is 30.2 Å². The molecule has 0 unspecified atom stereocenters. The molecule has 2 N–H and O–H groups in total. The molecule has 2 saturated heterocycles. The first kappa shape index (κ1) is 14.8. The van der Waals surface area contributed by atoms with Crippen LogP contribution in [0, 0.1) is 0 Å². The Bertz CT molecular complexity index is 305. The standard InChI is InChI=1S/C14H26N2O3/c1-10-8-12(15)5-6-16(10)14(17)11(2)19-9-13-4-3-7-18-13/h10-13H,3-9,15H2,1-2H3/t10-,11-,12+,13-/m0/s1. The van der Waals surface area contributed by atoms with Gasteiger partial charge in [0.15, 0.2) is 0 Å². The van der Waals surface area contributed by atoms with E-state index in [4.69, 9.17) is 15.2 Å². The summed E-state index contributed by atoms with van der Waals surface area (Å²) in [6.45, 7) is 5.98. The minimum Gasteiger partial charge on any atom is -0.376 e. The zero-order valence-corrected chi connectivity index (χ0v) is 12.0. The molecule has 0 saturated carbocycles. The third kappa shape index (κ3) is 3.91.